The summed E-state index contributed by atoms with van der Waals surface area (Å²) in [6, 6.07) is -8.90. The monoisotopic (exact) mass is 828 g/mol. The van der Waals surface area contributed by atoms with Crippen LogP contribution < -0.4 is 32.3 Å². The fraction of sp³-hybridized carbons (Fsp3) is 0.667. The number of carboxylic acid groups (broad SMARTS) is 5. The molecule has 23 nitrogen and oxygen atoms in total. The van der Waals surface area contributed by atoms with E-state index in [-0.39, 0.29) is 31.7 Å². The molecule has 0 aliphatic heterocycles. The minimum atomic E-state index is -2.07. The zero-order chi connectivity index (χ0) is 42.1. The summed E-state index contributed by atoms with van der Waals surface area (Å²) in [5, 5.41) is 66.2. The molecule has 0 heterocycles. The number of hydrogen-bond acceptors (Lipinski definition) is 15. The first-order chi connectivity index (χ1) is 25.8. The van der Waals surface area contributed by atoms with E-state index < -0.39 is 128 Å². The third kappa shape index (κ3) is 24.3. The number of unbranched alkanes of at least 4 members (excludes halogenated alkanes) is 1. The van der Waals surface area contributed by atoms with Gasteiger partial charge in [0.25, 0.3) is 0 Å². The smallest absolute Gasteiger partial charge is 0.326 e. The van der Waals surface area contributed by atoms with Crippen molar-refractivity contribution in [3.63, 3.8) is 0 Å². The molecule has 0 aromatic rings. The van der Waals surface area contributed by atoms with E-state index in [0.29, 0.717) is 18.6 Å². The summed E-state index contributed by atoms with van der Waals surface area (Å²) in [4.78, 5) is 122. The molecule has 0 spiro atoms. The van der Waals surface area contributed by atoms with Crippen molar-refractivity contribution >= 4 is 81.0 Å². The lowest BCUT2D eigenvalue weighted by atomic mass is 10.1. The molecule has 13 N–H and O–H groups in total. The van der Waals surface area contributed by atoms with Gasteiger partial charge >= 0.3 is 29.8 Å². The molecule has 0 aliphatic carbocycles. The van der Waals surface area contributed by atoms with Gasteiger partial charge in [-0.25, -0.2) is 4.79 Å². The number of aliphatic hydroxyl groups is 1. The quantitative estimate of drug-likeness (QED) is 0.0189. The number of amides is 5. The summed E-state index contributed by atoms with van der Waals surface area (Å²) in [5.41, 5.74) is 5.45. The number of aliphatic carboxylic acids is 5. The van der Waals surface area contributed by atoms with Gasteiger partial charge in [0.1, 0.15) is 30.2 Å². The number of nitrogens with one attached hydrogen (secondary N) is 5. The Morgan fingerprint density at radius 1 is 0.582 bits per heavy atom. The molecule has 0 fully saturated rings. The number of hydrogen-bond donors (Lipinski definition) is 12. The lowest BCUT2D eigenvalue weighted by Gasteiger charge is -2.26. The lowest BCUT2D eigenvalue weighted by Crippen LogP contribution is -2.60. The molecular weight excluding hydrogens is 780 g/mol. The van der Waals surface area contributed by atoms with E-state index in [4.69, 9.17) is 15.6 Å². The van der Waals surface area contributed by atoms with Crippen LogP contribution in [0.3, 0.4) is 0 Å². The van der Waals surface area contributed by atoms with Crippen molar-refractivity contribution in [2.75, 3.05) is 24.7 Å². The largest absolute Gasteiger partial charge is 0.481 e. The predicted octanol–water partition coefficient (Wildman–Crippen LogP) is -2.96. The number of ether oxygens (including phenoxy) is 1. The van der Waals surface area contributed by atoms with Gasteiger partial charge in [-0.05, 0) is 39.2 Å². The van der Waals surface area contributed by atoms with Crippen LogP contribution in [0.4, 0.5) is 0 Å². The molecule has 55 heavy (non-hydrogen) atoms. The van der Waals surface area contributed by atoms with E-state index in [0.717, 1.165) is 21.6 Å². The topological polar surface area (TPSA) is 387 Å². The van der Waals surface area contributed by atoms with Gasteiger partial charge in [-0.2, -0.15) is 0 Å². The molecular formula is C30H48N6O17S2. The SMILES string of the molecule is CC(O)OCCSSCC(NC(=O)C(CC(=O)O)NC(=O)C(CC(=O)O)NC(=O)C(CC(=O)O)NC(=O)CCCC(=O)O)C(=O)NC(CCCCN)C(=O)O. The fourth-order valence-electron chi connectivity index (χ4n) is 4.27. The average Bonchev–Trinajstić information content (AvgIpc) is 3.06. The van der Waals surface area contributed by atoms with Crippen LogP contribution in [0, 0.1) is 0 Å². The summed E-state index contributed by atoms with van der Waals surface area (Å²) >= 11 is 0. The van der Waals surface area contributed by atoms with Crippen molar-refractivity contribution in [2.45, 2.75) is 101 Å². The molecule has 0 saturated carbocycles. The number of carboxylic acids is 5. The van der Waals surface area contributed by atoms with Crippen molar-refractivity contribution in [1.29, 1.82) is 0 Å². The second-order valence-electron chi connectivity index (χ2n) is 11.6. The van der Waals surface area contributed by atoms with Crippen LogP contribution in [0.25, 0.3) is 0 Å². The summed E-state index contributed by atoms with van der Waals surface area (Å²) in [6.07, 6.45) is -4.68. The van der Waals surface area contributed by atoms with Crippen molar-refractivity contribution in [3.05, 3.63) is 0 Å². The molecule has 6 atom stereocenters. The molecule has 0 aliphatic rings. The van der Waals surface area contributed by atoms with Gasteiger partial charge in [-0.3, -0.25) is 43.2 Å². The summed E-state index contributed by atoms with van der Waals surface area (Å²) in [5.74, 6) is -13.5. The van der Waals surface area contributed by atoms with Crippen molar-refractivity contribution in [3.8, 4) is 0 Å². The Hall–Kier alpha value is -4.72. The number of rotatable bonds is 31. The highest BCUT2D eigenvalue weighted by Gasteiger charge is 2.34. The molecule has 312 valence electrons. The van der Waals surface area contributed by atoms with Gasteiger partial charge in [0.2, 0.25) is 29.5 Å². The van der Waals surface area contributed by atoms with Crippen LogP contribution in [0.15, 0.2) is 0 Å². The zero-order valence-corrected chi connectivity index (χ0v) is 31.4. The normalized spacial score (nSPS) is 14.1. The maximum atomic E-state index is 13.4. The van der Waals surface area contributed by atoms with Crippen LogP contribution in [0.2, 0.25) is 0 Å². The van der Waals surface area contributed by atoms with Gasteiger partial charge < -0.3 is 67.7 Å². The molecule has 6 unspecified atom stereocenters. The van der Waals surface area contributed by atoms with Crippen LogP contribution in [-0.2, 0) is 52.7 Å². The first-order valence-electron chi connectivity index (χ1n) is 16.6. The Morgan fingerprint density at radius 2 is 1.04 bits per heavy atom. The molecule has 5 amide bonds. The predicted molar refractivity (Wildman–Crippen MR) is 191 cm³/mol. The molecule has 0 bridgehead atoms. The second kappa shape index (κ2) is 27.8. The van der Waals surface area contributed by atoms with Gasteiger partial charge in [0, 0.05) is 24.3 Å². The Balaban J connectivity index is 6.17. The molecule has 0 radical (unpaired) electrons. The first kappa shape index (κ1) is 50.3. The number of nitrogens with two attached hydrogens (primary N) is 1. The van der Waals surface area contributed by atoms with Crippen molar-refractivity contribution < 1.29 is 83.3 Å². The molecule has 25 heteroatoms. The van der Waals surface area contributed by atoms with Crippen LogP contribution in [0.1, 0.15) is 64.7 Å². The van der Waals surface area contributed by atoms with Crippen molar-refractivity contribution in [2.24, 2.45) is 5.73 Å². The highest BCUT2D eigenvalue weighted by molar-refractivity contribution is 8.76. The van der Waals surface area contributed by atoms with Crippen molar-refractivity contribution in [1.82, 2.24) is 26.6 Å². The van der Waals surface area contributed by atoms with Crippen LogP contribution in [-0.4, -0.2) is 151 Å². The van der Waals surface area contributed by atoms with Gasteiger partial charge in [0.05, 0.1) is 25.9 Å². The minimum absolute atomic E-state index is 0.0202. The molecule has 0 rings (SSSR count). The van der Waals surface area contributed by atoms with Gasteiger partial charge in [-0.15, -0.1) is 0 Å². The number of aliphatic hydroxyl groups excluding tert-OH is 1. The average molecular weight is 829 g/mol. The molecule has 0 saturated heterocycles. The van der Waals surface area contributed by atoms with Gasteiger partial charge in [-0.1, -0.05) is 21.6 Å². The van der Waals surface area contributed by atoms with Gasteiger partial charge in [0.15, 0.2) is 6.29 Å². The standard InChI is InChI=1S/C30H48N6O17S2/c1-15(37)53-9-10-54-55-14-20(29(50)33-16(30(51)52)5-2-3-8-31)36-28(49)19(13-25(45)46)35-27(48)18(12-24(43)44)34-26(47)17(11-23(41)42)32-21(38)6-4-7-22(39)40/h15-20,37H,2-14,31H2,1H3,(H,32,38)(H,33,50)(H,34,47)(H,35,48)(H,36,49)(H,39,40)(H,41,42)(H,43,44)(H,45,46)(H,51,52). The van der Waals surface area contributed by atoms with E-state index >= 15 is 0 Å². The highest BCUT2D eigenvalue weighted by Crippen LogP contribution is 2.22. The highest BCUT2D eigenvalue weighted by atomic mass is 33.1. The summed E-state index contributed by atoms with van der Waals surface area (Å²) in [7, 11) is 2.16. The van der Waals surface area contributed by atoms with E-state index in [1.54, 1.807) is 0 Å². The number of carbonyl (C=O) groups excluding carboxylic acids is 5. The molecule has 0 aromatic heterocycles. The van der Waals surface area contributed by atoms with E-state index in [2.05, 4.69) is 16.0 Å². The number of carbonyl (C=O) groups is 10. The Labute approximate surface area is 322 Å². The maximum Gasteiger partial charge on any atom is 0.326 e. The summed E-state index contributed by atoms with van der Waals surface area (Å²) in [6.45, 7) is 1.74. The lowest BCUT2D eigenvalue weighted by molar-refractivity contribution is -0.144. The zero-order valence-electron chi connectivity index (χ0n) is 29.7. The van der Waals surface area contributed by atoms with E-state index in [1.807, 2.05) is 10.6 Å². The summed E-state index contributed by atoms with van der Waals surface area (Å²) < 4.78 is 5.00. The minimum Gasteiger partial charge on any atom is -0.481 e. The maximum absolute atomic E-state index is 13.4. The first-order valence-corrected chi connectivity index (χ1v) is 19.1. The third-order valence-electron chi connectivity index (χ3n) is 6.89. The third-order valence-corrected chi connectivity index (χ3v) is 9.26. The molecule has 0 aromatic carbocycles. The Kier molecular flexibility index (Phi) is 25.4. The Bertz CT molecular complexity index is 1350. The van der Waals surface area contributed by atoms with Crippen LogP contribution in [0.5, 0.6) is 0 Å². The van der Waals surface area contributed by atoms with E-state index in [9.17, 15) is 73.5 Å². The second-order valence-corrected chi connectivity index (χ2v) is 14.2. The fourth-order valence-corrected chi connectivity index (χ4v) is 6.27. The van der Waals surface area contributed by atoms with E-state index in [1.165, 1.54) is 6.92 Å². The van der Waals surface area contributed by atoms with Crippen LogP contribution >= 0.6 is 21.6 Å². The Morgan fingerprint density at radius 3 is 1.47 bits per heavy atom.